The molecule has 1 heterocycles. The minimum Gasteiger partial charge on any atom is -0.545 e. The molecule has 1 aromatic rings. The molecular weight excluding hydrogens is 208 g/mol. The standard InChI is InChI=1S/C6H4F4N2O2/c7-4(8)2-1(6(13)14)3(5(9)10)12-11-2/h4-5H,(H,11,12)(H,13,14)/p-1. The molecule has 0 aromatic carbocycles. The maximum atomic E-state index is 12.1. The molecule has 0 aliphatic carbocycles. The Kier molecular flexibility index (Phi) is 2.73. The van der Waals surface area contributed by atoms with Gasteiger partial charge in [0.1, 0.15) is 11.4 Å². The van der Waals surface area contributed by atoms with Gasteiger partial charge in [0, 0.05) is 0 Å². The van der Waals surface area contributed by atoms with Crippen molar-refractivity contribution in [2.45, 2.75) is 12.9 Å². The highest BCUT2D eigenvalue weighted by Gasteiger charge is 2.25. The van der Waals surface area contributed by atoms with Gasteiger partial charge in [-0.2, -0.15) is 5.10 Å². The maximum absolute atomic E-state index is 12.1. The van der Waals surface area contributed by atoms with Crippen LogP contribution in [0.25, 0.3) is 0 Å². The van der Waals surface area contributed by atoms with Gasteiger partial charge < -0.3 is 9.90 Å². The minimum atomic E-state index is -3.24. The van der Waals surface area contributed by atoms with Gasteiger partial charge in [0.15, 0.2) is 0 Å². The van der Waals surface area contributed by atoms with Crippen LogP contribution in [0, 0.1) is 0 Å². The van der Waals surface area contributed by atoms with Crippen LogP contribution in [0.15, 0.2) is 0 Å². The monoisotopic (exact) mass is 211 g/mol. The topological polar surface area (TPSA) is 68.8 Å². The Morgan fingerprint density at radius 2 is 1.86 bits per heavy atom. The van der Waals surface area contributed by atoms with Crippen molar-refractivity contribution >= 4 is 5.97 Å². The van der Waals surface area contributed by atoms with Gasteiger partial charge in [-0.15, -0.1) is 0 Å². The van der Waals surface area contributed by atoms with Crippen molar-refractivity contribution in [1.29, 1.82) is 0 Å². The SMILES string of the molecule is O=C([O-])c1c(C(F)F)n[nH]c1C(F)F. The van der Waals surface area contributed by atoms with Gasteiger partial charge in [-0.05, 0) is 0 Å². The molecule has 14 heavy (non-hydrogen) atoms. The first-order valence-corrected chi connectivity index (χ1v) is 3.31. The van der Waals surface area contributed by atoms with Gasteiger partial charge in [-0.25, -0.2) is 17.6 Å². The Hall–Kier alpha value is -1.60. The van der Waals surface area contributed by atoms with Crippen LogP contribution in [-0.2, 0) is 0 Å². The molecule has 0 aliphatic heterocycles. The molecule has 0 fully saturated rings. The zero-order valence-electron chi connectivity index (χ0n) is 6.43. The fourth-order valence-corrected chi connectivity index (χ4v) is 0.901. The van der Waals surface area contributed by atoms with E-state index in [1.54, 1.807) is 0 Å². The number of halogens is 4. The first-order chi connectivity index (χ1) is 6.45. The van der Waals surface area contributed by atoms with Gasteiger partial charge in [0.05, 0.1) is 11.5 Å². The van der Waals surface area contributed by atoms with Crippen LogP contribution in [0.1, 0.15) is 34.6 Å². The Labute approximate surface area is 74.5 Å². The zero-order chi connectivity index (χ0) is 10.9. The third kappa shape index (κ3) is 1.68. The molecule has 1 N–H and O–H groups in total. The molecule has 0 saturated heterocycles. The van der Waals surface area contributed by atoms with E-state index in [0.717, 1.165) is 0 Å². The van der Waals surface area contributed by atoms with E-state index >= 15 is 0 Å². The van der Waals surface area contributed by atoms with Crippen LogP contribution in [0.4, 0.5) is 17.6 Å². The Bertz CT molecular complexity index is 324. The summed E-state index contributed by atoms with van der Waals surface area (Å²) in [5.74, 6) is -2.11. The summed E-state index contributed by atoms with van der Waals surface area (Å²) in [4.78, 5) is 10.3. The minimum absolute atomic E-state index is 1.17. The number of aromatic carboxylic acids is 1. The lowest BCUT2D eigenvalue weighted by molar-refractivity contribution is -0.255. The van der Waals surface area contributed by atoms with E-state index in [2.05, 4.69) is 5.10 Å². The smallest absolute Gasteiger partial charge is 0.282 e. The number of hydrogen-bond acceptors (Lipinski definition) is 3. The second-order valence-corrected chi connectivity index (χ2v) is 2.29. The number of carboxylic acid groups (broad SMARTS) is 1. The van der Waals surface area contributed by atoms with Crippen LogP contribution in [0.3, 0.4) is 0 Å². The molecule has 0 saturated carbocycles. The zero-order valence-corrected chi connectivity index (χ0v) is 6.43. The summed E-state index contributed by atoms with van der Waals surface area (Å²) in [6.45, 7) is 0. The number of aromatic nitrogens is 2. The Morgan fingerprint density at radius 3 is 2.21 bits per heavy atom. The molecular formula is C6H3F4N2O2-. The summed E-state index contributed by atoms with van der Waals surface area (Å²) in [6, 6.07) is 0. The molecule has 0 atom stereocenters. The molecule has 4 nitrogen and oxygen atoms in total. The second kappa shape index (κ2) is 3.64. The van der Waals surface area contributed by atoms with Crippen molar-refractivity contribution in [2.75, 3.05) is 0 Å². The largest absolute Gasteiger partial charge is 0.545 e. The molecule has 1 aromatic heterocycles. The molecule has 0 aliphatic rings. The molecule has 0 bridgehead atoms. The average Bonchev–Trinajstić information content (AvgIpc) is 2.46. The van der Waals surface area contributed by atoms with E-state index in [1.165, 1.54) is 5.10 Å². The van der Waals surface area contributed by atoms with Crippen molar-refractivity contribution in [2.24, 2.45) is 0 Å². The summed E-state index contributed by atoms with van der Waals surface area (Å²) in [6.07, 6.45) is -6.46. The quantitative estimate of drug-likeness (QED) is 0.746. The van der Waals surface area contributed by atoms with Crippen molar-refractivity contribution in [3.8, 4) is 0 Å². The Morgan fingerprint density at radius 1 is 1.29 bits per heavy atom. The predicted octanol–water partition coefficient (Wildman–Crippen LogP) is 0.648. The van der Waals surface area contributed by atoms with Crippen molar-refractivity contribution < 1.29 is 27.5 Å². The van der Waals surface area contributed by atoms with E-state index in [-0.39, 0.29) is 0 Å². The average molecular weight is 211 g/mol. The first-order valence-electron chi connectivity index (χ1n) is 3.31. The number of carbonyl (C=O) groups excluding carboxylic acids is 1. The normalized spacial score (nSPS) is 11.3. The van der Waals surface area contributed by atoms with Crippen LogP contribution in [0.5, 0.6) is 0 Å². The number of carbonyl (C=O) groups is 1. The molecule has 1 rings (SSSR count). The molecule has 78 valence electrons. The summed E-state index contributed by atoms with van der Waals surface area (Å²) >= 11 is 0. The van der Waals surface area contributed by atoms with Crippen LogP contribution in [-0.4, -0.2) is 16.2 Å². The molecule has 0 unspecified atom stereocenters. The van der Waals surface area contributed by atoms with E-state index in [0.29, 0.717) is 0 Å². The highest BCUT2D eigenvalue weighted by Crippen LogP contribution is 2.27. The first kappa shape index (κ1) is 10.5. The van der Waals surface area contributed by atoms with E-state index in [9.17, 15) is 27.5 Å². The van der Waals surface area contributed by atoms with E-state index in [4.69, 9.17) is 0 Å². The lowest BCUT2D eigenvalue weighted by atomic mass is 10.2. The number of aromatic amines is 1. The molecule has 8 heteroatoms. The summed E-state index contributed by atoms with van der Waals surface area (Å²) in [5, 5.41) is 14.6. The summed E-state index contributed by atoms with van der Waals surface area (Å²) < 4.78 is 48.2. The van der Waals surface area contributed by atoms with Crippen molar-refractivity contribution in [1.82, 2.24) is 10.2 Å². The summed E-state index contributed by atoms with van der Waals surface area (Å²) in [7, 11) is 0. The van der Waals surface area contributed by atoms with Gasteiger partial charge in [0.2, 0.25) is 0 Å². The number of hydrogen-bond donors (Lipinski definition) is 1. The third-order valence-electron chi connectivity index (χ3n) is 1.45. The van der Waals surface area contributed by atoms with Crippen molar-refractivity contribution in [3.05, 3.63) is 17.0 Å². The van der Waals surface area contributed by atoms with Gasteiger partial charge >= 0.3 is 0 Å². The van der Waals surface area contributed by atoms with Gasteiger partial charge in [0.25, 0.3) is 12.9 Å². The predicted molar refractivity (Wildman–Crippen MR) is 32.8 cm³/mol. The van der Waals surface area contributed by atoms with Gasteiger partial charge in [-0.3, -0.25) is 5.10 Å². The fourth-order valence-electron chi connectivity index (χ4n) is 0.901. The van der Waals surface area contributed by atoms with Crippen LogP contribution >= 0.6 is 0 Å². The molecule has 0 spiro atoms. The van der Waals surface area contributed by atoms with E-state index < -0.39 is 35.8 Å². The van der Waals surface area contributed by atoms with Crippen LogP contribution in [0.2, 0.25) is 0 Å². The lowest BCUT2D eigenvalue weighted by Gasteiger charge is -2.04. The van der Waals surface area contributed by atoms with Crippen LogP contribution < -0.4 is 5.11 Å². The highest BCUT2D eigenvalue weighted by atomic mass is 19.3. The molecule has 0 radical (unpaired) electrons. The van der Waals surface area contributed by atoms with Gasteiger partial charge in [-0.1, -0.05) is 0 Å². The maximum Gasteiger partial charge on any atom is 0.282 e. The molecule has 0 amide bonds. The number of H-pyrrole nitrogens is 1. The van der Waals surface area contributed by atoms with Crippen molar-refractivity contribution in [3.63, 3.8) is 0 Å². The highest BCUT2D eigenvalue weighted by molar-refractivity contribution is 5.88. The second-order valence-electron chi connectivity index (χ2n) is 2.29. The number of rotatable bonds is 3. The third-order valence-corrected chi connectivity index (χ3v) is 1.45. The number of alkyl halides is 4. The lowest BCUT2D eigenvalue weighted by Crippen LogP contribution is -2.24. The Balaban J connectivity index is 3.28. The number of nitrogens with zero attached hydrogens (tertiary/aromatic N) is 1. The van der Waals surface area contributed by atoms with E-state index in [1.807, 2.05) is 0 Å². The fraction of sp³-hybridized carbons (Fsp3) is 0.333. The summed E-state index contributed by atoms with van der Waals surface area (Å²) in [5.41, 5.74) is -3.67. The number of nitrogens with one attached hydrogen (secondary N) is 1. The number of carboxylic acids is 1.